The van der Waals surface area contributed by atoms with E-state index in [2.05, 4.69) is 26.5 Å². The van der Waals surface area contributed by atoms with E-state index in [1.165, 1.54) is 0 Å². The topological polar surface area (TPSA) is 21.3 Å². The Morgan fingerprint density at radius 3 is 1.71 bits per heavy atom. The average molecular weight is 249 g/mol. The van der Waals surface area contributed by atoms with Gasteiger partial charge < -0.3 is 21.8 Å². The van der Waals surface area contributed by atoms with E-state index < -0.39 is 0 Å². The molecule has 0 heterocycles. The number of nitrogens with one attached hydrogen (secondary N) is 1. The van der Waals surface area contributed by atoms with Crippen LogP contribution in [-0.4, -0.2) is 6.54 Å². The SMILES string of the molecule is CC.CC.[CH2-]CCCNOP.[CH3-].[CH3-].[K+]. The molecule has 0 aliphatic heterocycles. The number of hydroxylamine groups is 1. The van der Waals surface area contributed by atoms with E-state index in [0.717, 1.165) is 19.4 Å². The number of rotatable bonds is 4. The molecule has 0 aromatic rings. The van der Waals surface area contributed by atoms with Crippen molar-refractivity contribution >= 4 is 9.47 Å². The molecule has 0 aliphatic rings. The molecule has 0 aromatic heterocycles. The summed E-state index contributed by atoms with van der Waals surface area (Å²) in [4.78, 5) is 0. The van der Waals surface area contributed by atoms with Crippen molar-refractivity contribution < 1.29 is 56.0 Å². The van der Waals surface area contributed by atoms with Crippen LogP contribution >= 0.6 is 9.47 Å². The molecule has 0 spiro atoms. The summed E-state index contributed by atoms with van der Waals surface area (Å²) in [5, 5.41) is 0. The van der Waals surface area contributed by atoms with Crippen LogP contribution in [-0.2, 0) is 4.62 Å². The van der Waals surface area contributed by atoms with Gasteiger partial charge in [-0.15, -0.1) is 0 Å². The van der Waals surface area contributed by atoms with Gasteiger partial charge in [0.1, 0.15) is 0 Å². The Morgan fingerprint density at radius 2 is 1.50 bits per heavy atom. The van der Waals surface area contributed by atoms with Gasteiger partial charge >= 0.3 is 51.4 Å². The molecular formula is C10H29KNOP-2. The van der Waals surface area contributed by atoms with Gasteiger partial charge in [0.05, 0.1) is 0 Å². The van der Waals surface area contributed by atoms with Crippen LogP contribution in [0, 0.1) is 21.8 Å². The van der Waals surface area contributed by atoms with Crippen LogP contribution in [0.4, 0.5) is 0 Å². The fourth-order valence-electron chi connectivity index (χ4n) is 0.256. The van der Waals surface area contributed by atoms with Crippen molar-refractivity contribution in [3.63, 3.8) is 0 Å². The van der Waals surface area contributed by atoms with Gasteiger partial charge in [0.15, 0.2) is 0 Å². The molecule has 0 aromatic carbocycles. The van der Waals surface area contributed by atoms with E-state index in [-0.39, 0.29) is 66.2 Å². The first-order valence-corrected chi connectivity index (χ1v) is 4.76. The maximum Gasteiger partial charge on any atom is 1.00 e. The first-order valence-electron chi connectivity index (χ1n) is 4.29. The molecule has 0 bridgehead atoms. The summed E-state index contributed by atoms with van der Waals surface area (Å²) in [6, 6.07) is 0. The Labute approximate surface area is 138 Å². The number of unbranched alkanes of at least 4 members (excludes halogenated alkanes) is 1. The van der Waals surface area contributed by atoms with Crippen molar-refractivity contribution in [1.29, 1.82) is 0 Å². The third-order valence-electron chi connectivity index (χ3n) is 0.612. The minimum atomic E-state index is 0. The summed E-state index contributed by atoms with van der Waals surface area (Å²) in [7, 11) is 2.12. The molecule has 0 fully saturated rings. The summed E-state index contributed by atoms with van der Waals surface area (Å²) < 4.78 is 4.48. The molecule has 0 aliphatic carbocycles. The van der Waals surface area contributed by atoms with Crippen molar-refractivity contribution in [3.05, 3.63) is 21.8 Å². The van der Waals surface area contributed by atoms with E-state index in [1.54, 1.807) is 0 Å². The fourth-order valence-corrected chi connectivity index (χ4v) is 0.374. The standard InChI is InChI=1S/C4H11NOP.2C2H6.2CH3.K/c1-2-3-4-5-6-7;2*1-2;;;/h5H,1-4,7H2;2*1-2H3;2*1H3;/q-1;;;2*-1;+1. The van der Waals surface area contributed by atoms with E-state index in [1.807, 2.05) is 27.7 Å². The summed E-state index contributed by atoms with van der Waals surface area (Å²) in [5.74, 6) is 0. The summed E-state index contributed by atoms with van der Waals surface area (Å²) in [6.07, 6.45) is 2.02. The van der Waals surface area contributed by atoms with Crippen LogP contribution in [0.3, 0.4) is 0 Å². The quantitative estimate of drug-likeness (QED) is 0.262. The van der Waals surface area contributed by atoms with E-state index in [9.17, 15) is 0 Å². The summed E-state index contributed by atoms with van der Waals surface area (Å²) >= 11 is 0. The second-order valence-electron chi connectivity index (χ2n) is 1.22. The van der Waals surface area contributed by atoms with Crippen LogP contribution in [0.5, 0.6) is 0 Å². The van der Waals surface area contributed by atoms with Crippen LogP contribution in [0.2, 0.25) is 0 Å². The second kappa shape index (κ2) is 60.1. The zero-order valence-corrected chi connectivity index (χ0v) is 15.6. The molecule has 0 amide bonds. The normalized spacial score (nSPS) is 5.57. The molecular weight excluding hydrogens is 220 g/mol. The maximum atomic E-state index is 4.48. The Hall–Kier alpha value is 1.99. The largest absolute Gasteiger partial charge is 1.00 e. The third-order valence-corrected chi connectivity index (χ3v) is 0.779. The molecule has 4 heteroatoms. The Kier molecular flexibility index (Phi) is 154. The first kappa shape index (κ1) is 36.0. The predicted molar refractivity (Wildman–Crippen MR) is 68.9 cm³/mol. The van der Waals surface area contributed by atoms with Gasteiger partial charge in [-0.25, -0.2) is 0 Å². The number of hydrogen-bond donors (Lipinski definition) is 1. The molecule has 1 atom stereocenters. The Bertz CT molecular complexity index is 39.3. The van der Waals surface area contributed by atoms with Gasteiger partial charge in [-0.3, -0.25) is 4.62 Å². The van der Waals surface area contributed by atoms with Gasteiger partial charge in [0.25, 0.3) is 0 Å². The van der Waals surface area contributed by atoms with Crippen molar-refractivity contribution in [2.24, 2.45) is 0 Å². The van der Waals surface area contributed by atoms with Crippen molar-refractivity contribution in [2.75, 3.05) is 6.54 Å². The van der Waals surface area contributed by atoms with E-state index in [4.69, 9.17) is 0 Å². The van der Waals surface area contributed by atoms with Gasteiger partial charge in [-0.05, 0) is 0 Å². The molecule has 0 saturated heterocycles. The van der Waals surface area contributed by atoms with Gasteiger partial charge in [0.2, 0.25) is 0 Å². The molecule has 1 unspecified atom stereocenters. The number of hydrogen-bond acceptors (Lipinski definition) is 2. The molecule has 1 N–H and O–H groups in total. The van der Waals surface area contributed by atoms with Crippen LogP contribution in [0.1, 0.15) is 40.5 Å². The smallest absolute Gasteiger partial charge is 0.358 e. The summed E-state index contributed by atoms with van der Waals surface area (Å²) in [5.41, 5.74) is 2.67. The predicted octanol–water partition coefficient (Wildman–Crippen LogP) is 0.869. The molecule has 2 nitrogen and oxygen atoms in total. The second-order valence-corrected chi connectivity index (χ2v) is 1.45. The average Bonchev–Trinajstić information content (AvgIpc) is 2.13. The van der Waals surface area contributed by atoms with Crippen molar-refractivity contribution in [1.82, 2.24) is 5.48 Å². The fraction of sp³-hybridized carbons (Fsp3) is 0.700. The van der Waals surface area contributed by atoms with Crippen molar-refractivity contribution in [2.45, 2.75) is 40.5 Å². The zero-order valence-electron chi connectivity index (χ0n) is 11.3. The minimum Gasteiger partial charge on any atom is -0.358 e. The zero-order chi connectivity index (χ0) is 9.54. The van der Waals surface area contributed by atoms with Crippen LogP contribution < -0.4 is 56.9 Å². The van der Waals surface area contributed by atoms with Gasteiger partial charge in [-0.2, -0.15) is 11.9 Å². The van der Waals surface area contributed by atoms with E-state index >= 15 is 0 Å². The monoisotopic (exact) mass is 249 g/mol. The van der Waals surface area contributed by atoms with Crippen LogP contribution in [0.25, 0.3) is 0 Å². The maximum absolute atomic E-state index is 4.48. The first-order chi connectivity index (χ1) is 5.41. The van der Waals surface area contributed by atoms with Crippen LogP contribution in [0.15, 0.2) is 0 Å². The molecule has 0 rings (SSSR count). The Balaban J connectivity index is -0.0000000205. The third kappa shape index (κ3) is 65.8. The van der Waals surface area contributed by atoms with Gasteiger partial charge in [-0.1, -0.05) is 34.1 Å². The Morgan fingerprint density at radius 1 is 1.14 bits per heavy atom. The summed E-state index contributed by atoms with van der Waals surface area (Å²) in [6.45, 7) is 12.5. The van der Waals surface area contributed by atoms with Crippen molar-refractivity contribution in [3.8, 4) is 0 Å². The molecule has 14 heavy (non-hydrogen) atoms. The minimum absolute atomic E-state index is 0. The van der Waals surface area contributed by atoms with Gasteiger partial charge in [0, 0.05) is 16.0 Å². The van der Waals surface area contributed by atoms with E-state index in [0.29, 0.717) is 0 Å². The molecule has 0 radical (unpaired) electrons. The molecule has 88 valence electrons. The molecule has 0 saturated carbocycles.